The Labute approximate surface area is 320 Å². The first-order chi connectivity index (χ1) is 25.5. The maximum Gasteiger partial charge on any atom is 0.306 e. The first-order valence-electron chi connectivity index (χ1n) is 21.3. The Hall–Kier alpha value is -2.89. The second-order valence-electron chi connectivity index (χ2n) is 13.9. The summed E-state index contributed by atoms with van der Waals surface area (Å²) in [5.41, 5.74) is 0. The molecule has 0 aromatic rings. The molecule has 6 heteroatoms. The smallest absolute Gasteiger partial charge is 0.306 e. The topological polar surface area (TPSA) is 78.9 Å². The highest BCUT2D eigenvalue weighted by Gasteiger charge is 2.19. The Kier molecular flexibility index (Phi) is 38.6. The van der Waals surface area contributed by atoms with Crippen molar-refractivity contribution in [1.29, 1.82) is 0 Å². The van der Waals surface area contributed by atoms with E-state index < -0.39 is 6.10 Å². The van der Waals surface area contributed by atoms with E-state index in [1.54, 1.807) is 0 Å². The van der Waals surface area contributed by atoms with E-state index in [4.69, 9.17) is 14.2 Å². The second kappa shape index (κ2) is 40.9. The highest BCUT2D eigenvalue weighted by molar-refractivity contribution is 5.71. The predicted octanol–water partition coefficient (Wildman–Crippen LogP) is 13.4. The molecule has 298 valence electrons. The van der Waals surface area contributed by atoms with Gasteiger partial charge in [0.05, 0.1) is 0 Å². The van der Waals surface area contributed by atoms with Crippen LogP contribution in [-0.2, 0) is 28.6 Å². The number of hydrogen-bond donors (Lipinski definition) is 0. The summed E-state index contributed by atoms with van der Waals surface area (Å²) in [6.07, 6.45) is 47.8. The average Bonchev–Trinajstić information content (AvgIpc) is 3.14. The van der Waals surface area contributed by atoms with Gasteiger partial charge in [-0.3, -0.25) is 14.4 Å². The first-order valence-corrected chi connectivity index (χ1v) is 21.3. The Morgan fingerprint density at radius 1 is 0.404 bits per heavy atom. The van der Waals surface area contributed by atoms with Gasteiger partial charge in [-0.15, -0.1) is 0 Å². The van der Waals surface area contributed by atoms with Crippen LogP contribution in [-0.4, -0.2) is 37.2 Å². The van der Waals surface area contributed by atoms with Crippen molar-refractivity contribution < 1.29 is 28.6 Å². The van der Waals surface area contributed by atoms with Gasteiger partial charge in [0.2, 0.25) is 0 Å². The number of hydrogen-bond acceptors (Lipinski definition) is 6. The molecule has 0 heterocycles. The lowest BCUT2D eigenvalue weighted by molar-refractivity contribution is -0.167. The highest BCUT2D eigenvalue weighted by atomic mass is 16.6. The van der Waals surface area contributed by atoms with E-state index in [1.807, 2.05) is 0 Å². The molecule has 0 bridgehead atoms. The maximum absolute atomic E-state index is 12.6. The lowest BCUT2D eigenvalue weighted by Gasteiger charge is -2.18. The van der Waals surface area contributed by atoms with E-state index in [2.05, 4.69) is 81.5 Å². The number of esters is 3. The minimum Gasteiger partial charge on any atom is -0.462 e. The Morgan fingerprint density at radius 3 is 1.29 bits per heavy atom. The summed E-state index contributed by atoms with van der Waals surface area (Å²) in [7, 11) is 0. The van der Waals surface area contributed by atoms with E-state index in [0.717, 1.165) is 96.3 Å². The zero-order valence-electron chi connectivity index (χ0n) is 33.8. The molecule has 0 spiro atoms. The fourth-order valence-electron chi connectivity index (χ4n) is 5.53. The highest BCUT2D eigenvalue weighted by Crippen LogP contribution is 2.12. The summed E-state index contributed by atoms with van der Waals surface area (Å²) in [5.74, 6) is -0.956. The van der Waals surface area contributed by atoms with Crippen LogP contribution in [0, 0.1) is 0 Å². The molecule has 0 fully saturated rings. The second-order valence-corrected chi connectivity index (χ2v) is 13.9. The van der Waals surface area contributed by atoms with Gasteiger partial charge < -0.3 is 14.2 Å². The van der Waals surface area contributed by atoms with E-state index >= 15 is 0 Å². The summed E-state index contributed by atoms with van der Waals surface area (Å²) in [5, 5.41) is 0. The van der Waals surface area contributed by atoms with Gasteiger partial charge in [0.15, 0.2) is 6.10 Å². The van der Waals surface area contributed by atoms with E-state index in [0.29, 0.717) is 19.3 Å². The summed E-state index contributed by atoms with van der Waals surface area (Å²) < 4.78 is 16.6. The lowest BCUT2D eigenvalue weighted by Crippen LogP contribution is -2.30. The van der Waals surface area contributed by atoms with Crippen LogP contribution in [0.2, 0.25) is 0 Å². The van der Waals surface area contributed by atoms with Crippen molar-refractivity contribution in [2.75, 3.05) is 13.2 Å². The van der Waals surface area contributed by atoms with Crippen LogP contribution >= 0.6 is 0 Å². The summed E-state index contributed by atoms with van der Waals surface area (Å²) >= 11 is 0. The number of carbonyl (C=O) groups excluding carboxylic acids is 3. The van der Waals surface area contributed by atoms with Gasteiger partial charge in [-0.2, -0.15) is 0 Å². The van der Waals surface area contributed by atoms with Gasteiger partial charge in [-0.05, 0) is 77.0 Å². The molecule has 0 aliphatic heterocycles. The molecule has 0 saturated carbocycles. The number of ether oxygens (including phenoxy) is 3. The van der Waals surface area contributed by atoms with Crippen LogP contribution < -0.4 is 0 Å². The van der Waals surface area contributed by atoms with Crippen LogP contribution in [0.4, 0.5) is 0 Å². The Balaban J connectivity index is 4.44. The maximum atomic E-state index is 12.6. The van der Waals surface area contributed by atoms with E-state index in [1.165, 1.54) is 57.8 Å². The zero-order valence-corrected chi connectivity index (χ0v) is 33.8. The summed E-state index contributed by atoms with van der Waals surface area (Å²) in [6, 6.07) is 0. The van der Waals surface area contributed by atoms with Crippen LogP contribution in [0.5, 0.6) is 0 Å². The fourth-order valence-corrected chi connectivity index (χ4v) is 5.53. The molecule has 0 aromatic carbocycles. The third kappa shape index (κ3) is 38.3. The quantitative estimate of drug-likeness (QED) is 0.0274. The van der Waals surface area contributed by atoms with Gasteiger partial charge in [0, 0.05) is 19.3 Å². The average molecular weight is 727 g/mol. The van der Waals surface area contributed by atoms with Gasteiger partial charge >= 0.3 is 17.9 Å². The minimum atomic E-state index is -0.789. The summed E-state index contributed by atoms with van der Waals surface area (Å²) in [4.78, 5) is 37.5. The van der Waals surface area contributed by atoms with Gasteiger partial charge in [0.25, 0.3) is 0 Å². The van der Waals surface area contributed by atoms with Gasteiger partial charge in [-0.1, -0.05) is 159 Å². The molecule has 1 atom stereocenters. The van der Waals surface area contributed by atoms with Gasteiger partial charge in [0.1, 0.15) is 13.2 Å². The van der Waals surface area contributed by atoms with Crippen LogP contribution in [0.15, 0.2) is 60.8 Å². The van der Waals surface area contributed by atoms with Crippen molar-refractivity contribution in [3.8, 4) is 0 Å². The van der Waals surface area contributed by atoms with Crippen molar-refractivity contribution in [3.05, 3.63) is 60.8 Å². The van der Waals surface area contributed by atoms with Gasteiger partial charge in [-0.25, -0.2) is 0 Å². The molecular formula is C46H78O6. The van der Waals surface area contributed by atoms with Crippen LogP contribution in [0.25, 0.3) is 0 Å². The monoisotopic (exact) mass is 727 g/mol. The molecule has 0 aliphatic rings. The molecule has 0 radical (unpaired) electrons. The molecule has 0 amide bonds. The lowest BCUT2D eigenvalue weighted by atomic mass is 10.1. The molecule has 0 N–H and O–H groups in total. The SMILES string of the molecule is CC/C=C\C/C=C\C/C=C\C/C=C\CCCCC(=O)OCC(COC(=O)CCCCCCCCCC)OC(=O)CCCCCCC/C=C\CCCC. The van der Waals surface area contributed by atoms with Crippen LogP contribution in [0.3, 0.4) is 0 Å². The summed E-state index contributed by atoms with van der Waals surface area (Å²) in [6.45, 7) is 6.38. The van der Waals surface area contributed by atoms with Crippen molar-refractivity contribution >= 4 is 17.9 Å². The molecule has 0 aromatic heterocycles. The third-order valence-electron chi connectivity index (χ3n) is 8.76. The molecule has 52 heavy (non-hydrogen) atoms. The zero-order chi connectivity index (χ0) is 38.0. The molecule has 0 aliphatic carbocycles. The number of allylic oxidation sites excluding steroid dienone is 10. The van der Waals surface area contributed by atoms with Crippen LogP contribution in [0.1, 0.15) is 194 Å². The molecule has 1 unspecified atom stereocenters. The predicted molar refractivity (Wildman–Crippen MR) is 219 cm³/mol. The Morgan fingerprint density at radius 2 is 0.769 bits per heavy atom. The first kappa shape index (κ1) is 49.1. The van der Waals surface area contributed by atoms with Crippen molar-refractivity contribution in [2.24, 2.45) is 0 Å². The fraction of sp³-hybridized carbons (Fsp3) is 0.717. The minimum absolute atomic E-state index is 0.0908. The number of rotatable bonds is 37. The van der Waals surface area contributed by atoms with E-state index in [9.17, 15) is 14.4 Å². The largest absolute Gasteiger partial charge is 0.462 e. The van der Waals surface area contributed by atoms with Crippen molar-refractivity contribution in [2.45, 2.75) is 200 Å². The van der Waals surface area contributed by atoms with Crippen molar-refractivity contribution in [3.63, 3.8) is 0 Å². The molecular weight excluding hydrogens is 648 g/mol. The van der Waals surface area contributed by atoms with E-state index in [-0.39, 0.29) is 31.1 Å². The number of unbranched alkanes of at least 4 members (excludes halogenated alkanes) is 16. The molecule has 0 rings (SSSR count). The normalized spacial score (nSPS) is 12.6. The molecule has 0 saturated heterocycles. The standard InChI is InChI=1S/C46H78O6/c1-4-7-10-13-16-19-21-22-23-24-26-27-30-33-36-39-45(48)51-42-43(41-50-44(47)38-35-32-29-18-15-12-9-6-3)52-46(49)40-37-34-31-28-25-20-17-14-11-8-5-2/h7,10,14,16-17,19,22-23,26-27,43H,4-6,8-9,11-13,15,18,20-21,24-25,28-42H2,1-3H3/b10-7-,17-14-,19-16-,23-22-,27-26-. The Bertz CT molecular complexity index is 975. The third-order valence-corrected chi connectivity index (χ3v) is 8.76. The molecule has 6 nitrogen and oxygen atoms in total. The van der Waals surface area contributed by atoms with Crippen molar-refractivity contribution in [1.82, 2.24) is 0 Å². The number of carbonyl (C=O) groups is 3.